The topological polar surface area (TPSA) is 94.8 Å². The fraction of sp³-hybridized carbons (Fsp3) is 0.129. The molecule has 2 N–H and O–H groups in total. The molecule has 7 nitrogen and oxygen atoms in total. The van der Waals surface area contributed by atoms with Crippen LogP contribution in [0.1, 0.15) is 15.2 Å². The molecule has 2 aromatic heterocycles. The van der Waals surface area contributed by atoms with Crippen LogP contribution in [0.5, 0.6) is 11.5 Å². The Hall–Kier alpha value is -4.76. The van der Waals surface area contributed by atoms with Crippen molar-refractivity contribution in [3.8, 4) is 33.9 Å². The predicted octanol–water partition coefficient (Wildman–Crippen LogP) is 6.30. The van der Waals surface area contributed by atoms with Crippen LogP contribution in [0.2, 0.25) is 0 Å². The van der Waals surface area contributed by atoms with Crippen LogP contribution in [0.3, 0.4) is 0 Å². The molecule has 40 heavy (non-hydrogen) atoms. The summed E-state index contributed by atoms with van der Waals surface area (Å²) in [7, 11) is 6.43. The van der Waals surface area contributed by atoms with E-state index in [4.69, 9.17) is 20.2 Å². The molecule has 5 aromatic rings. The van der Waals surface area contributed by atoms with Gasteiger partial charge < -0.3 is 20.1 Å². The van der Waals surface area contributed by atoms with Gasteiger partial charge in [-0.15, -0.1) is 11.3 Å². The van der Waals surface area contributed by atoms with Crippen molar-refractivity contribution >= 4 is 39.4 Å². The van der Waals surface area contributed by atoms with E-state index in [1.807, 2.05) is 36.4 Å². The molecular weight excluding hydrogens is 529 g/mol. The zero-order valence-corrected chi connectivity index (χ0v) is 23.3. The monoisotopic (exact) mass is 557 g/mol. The molecule has 0 atom stereocenters. The van der Waals surface area contributed by atoms with E-state index in [2.05, 4.69) is 0 Å². The van der Waals surface area contributed by atoms with Crippen molar-refractivity contribution in [2.45, 2.75) is 0 Å². The van der Waals surface area contributed by atoms with Crippen molar-refractivity contribution in [3.63, 3.8) is 0 Å². The molecule has 0 saturated carbocycles. The number of ether oxygens (including phenoxy) is 2. The average molecular weight is 558 g/mol. The average Bonchev–Trinajstić information content (AvgIpc) is 3.33. The number of amides is 1. The summed E-state index contributed by atoms with van der Waals surface area (Å²) in [6.45, 7) is 0. The van der Waals surface area contributed by atoms with Crippen molar-refractivity contribution in [3.05, 3.63) is 95.1 Å². The maximum Gasteiger partial charge on any atom is 0.209 e. The van der Waals surface area contributed by atoms with Gasteiger partial charge in [-0.3, -0.25) is 9.59 Å². The first-order valence-electron chi connectivity index (χ1n) is 12.2. The second-order valence-electron chi connectivity index (χ2n) is 8.92. The summed E-state index contributed by atoms with van der Waals surface area (Å²) in [6, 6.07) is 22.9. The summed E-state index contributed by atoms with van der Waals surface area (Å²) >= 11 is 1.24. The van der Waals surface area contributed by atoms with Crippen molar-refractivity contribution in [1.82, 2.24) is 9.88 Å². The van der Waals surface area contributed by atoms with Crippen molar-refractivity contribution < 1.29 is 23.5 Å². The van der Waals surface area contributed by atoms with Crippen molar-refractivity contribution in [1.29, 1.82) is 0 Å². The molecule has 0 aliphatic carbocycles. The van der Waals surface area contributed by atoms with E-state index in [0.717, 1.165) is 28.8 Å². The summed E-state index contributed by atoms with van der Waals surface area (Å²) in [5.74, 6) is 0.415. The van der Waals surface area contributed by atoms with E-state index in [0.29, 0.717) is 37.8 Å². The highest BCUT2D eigenvalue weighted by atomic mass is 32.1. The highest BCUT2D eigenvalue weighted by Gasteiger charge is 2.23. The molecule has 0 fully saturated rings. The number of nitrogens with two attached hydrogens (primary N) is 1. The standard InChI is InChI=1S/C28H21FN2O3S.C3H7NO/c1-33-22-13-10-18(14-23(22)34-2)26(32)27-25(30)24-20(16-8-11-19(29)12-9-16)15-21(31-28(24)35-27)17-6-4-3-5-7-17;1-4(2)3-5/h3-15H,30H2,1-2H3;3H,1-2H3. The molecule has 9 heteroatoms. The molecule has 204 valence electrons. The molecule has 0 saturated heterocycles. The van der Waals surface area contributed by atoms with Gasteiger partial charge in [0.25, 0.3) is 0 Å². The van der Waals surface area contributed by atoms with Gasteiger partial charge in [-0.1, -0.05) is 42.5 Å². The first-order chi connectivity index (χ1) is 19.3. The number of nitrogen functional groups attached to an aromatic ring is 1. The Morgan fingerprint density at radius 3 is 2.17 bits per heavy atom. The third kappa shape index (κ3) is 5.94. The number of nitrogens with zero attached hydrogens (tertiary/aromatic N) is 2. The Morgan fingerprint density at radius 2 is 1.57 bits per heavy atom. The van der Waals surface area contributed by atoms with Crippen LogP contribution in [0.15, 0.2) is 78.9 Å². The Kier molecular flexibility index (Phi) is 8.76. The lowest BCUT2D eigenvalue weighted by Gasteiger charge is -2.09. The van der Waals surface area contributed by atoms with Crippen LogP contribution < -0.4 is 15.2 Å². The van der Waals surface area contributed by atoms with Crippen molar-refractivity contribution in [2.24, 2.45) is 0 Å². The lowest BCUT2D eigenvalue weighted by Crippen LogP contribution is -2.06. The number of fused-ring (bicyclic) bond motifs is 1. The van der Waals surface area contributed by atoms with Crippen LogP contribution in [0, 0.1) is 5.82 Å². The molecule has 0 spiro atoms. The van der Waals surface area contributed by atoms with Crippen molar-refractivity contribution in [2.75, 3.05) is 34.0 Å². The number of carbonyl (C=O) groups is 2. The van der Waals surface area contributed by atoms with E-state index < -0.39 is 0 Å². The molecule has 5 rings (SSSR count). The highest BCUT2D eigenvalue weighted by molar-refractivity contribution is 7.21. The van der Waals surface area contributed by atoms with E-state index in [-0.39, 0.29) is 11.6 Å². The third-order valence-corrected chi connectivity index (χ3v) is 7.08. The Bertz CT molecular complexity index is 1650. The van der Waals surface area contributed by atoms with Crippen LogP contribution in [-0.4, -0.2) is 50.4 Å². The minimum atomic E-state index is -0.329. The first kappa shape index (κ1) is 28.3. The summed E-state index contributed by atoms with van der Waals surface area (Å²) in [6.07, 6.45) is 0.750. The molecular formula is C31H28FN3O4S. The first-order valence-corrected chi connectivity index (χ1v) is 13.0. The molecule has 0 radical (unpaired) electrons. The second-order valence-corrected chi connectivity index (χ2v) is 9.92. The van der Waals surface area contributed by atoms with Crippen LogP contribution in [0.4, 0.5) is 10.1 Å². The number of anilines is 1. The van der Waals surface area contributed by atoms with Crippen LogP contribution in [0.25, 0.3) is 32.6 Å². The normalized spacial score (nSPS) is 10.4. The predicted molar refractivity (Wildman–Crippen MR) is 158 cm³/mol. The number of hydrogen-bond acceptors (Lipinski definition) is 7. The van der Waals surface area contributed by atoms with Gasteiger partial charge in [0.05, 0.1) is 25.6 Å². The van der Waals surface area contributed by atoms with Gasteiger partial charge in [-0.25, -0.2) is 9.37 Å². The zero-order chi connectivity index (χ0) is 28.8. The van der Waals surface area contributed by atoms with Gasteiger partial charge in [0.15, 0.2) is 11.5 Å². The molecule has 0 aliphatic rings. The highest BCUT2D eigenvalue weighted by Crippen LogP contribution is 2.42. The van der Waals surface area contributed by atoms with E-state index in [1.54, 1.807) is 44.4 Å². The number of pyridine rings is 1. The van der Waals surface area contributed by atoms with Gasteiger partial charge in [-0.2, -0.15) is 0 Å². The molecule has 2 heterocycles. The largest absolute Gasteiger partial charge is 0.493 e. The summed E-state index contributed by atoms with van der Waals surface area (Å²) in [5, 5.41) is 0.671. The van der Waals surface area contributed by atoms with Gasteiger partial charge in [0.1, 0.15) is 15.5 Å². The number of thiophene rings is 1. The van der Waals surface area contributed by atoms with Gasteiger partial charge in [0, 0.05) is 30.6 Å². The van der Waals surface area contributed by atoms with Crippen LogP contribution >= 0.6 is 11.3 Å². The number of benzene rings is 3. The summed E-state index contributed by atoms with van der Waals surface area (Å²) in [4.78, 5) is 30.2. The molecule has 0 bridgehead atoms. The molecule has 0 unspecified atom stereocenters. The maximum absolute atomic E-state index is 13.7. The van der Waals surface area contributed by atoms with Gasteiger partial charge in [-0.05, 0) is 47.5 Å². The molecule has 0 aliphatic heterocycles. The lowest BCUT2D eigenvalue weighted by molar-refractivity contribution is -0.115. The lowest BCUT2D eigenvalue weighted by atomic mass is 9.98. The number of halogens is 1. The van der Waals surface area contributed by atoms with E-state index in [1.165, 1.54) is 42.6 Å². The number of rotatable bonds is 7. The van der Waals surface area contributed by atoms with E-state index in [9.17, 15) is 14.0 Å². The smallest absolute Gasteiger partial charge is 0.209 e. The number of hydrogen-bond donors (Lipinski definition) is 1. The Morgan fingerprint density at radius 1 is 0.925 bits per heavy atom. The number of ketones is 1. The fourth-order valence-electron chi connectivity index (χ4n) is 4.01. The van der Waals surface area contributed by atoms with Gasteiger partial charge >= 0.3 is 0 Å². The quantitative estimate of drug-likeness (QED) is 0.186. The summed E-state index contributed by atoms with van der Waals surface area (Å²) in [5.41, 5.74) is 10.6. The zero-order valence-electron chi connectivity index (χ0n) is 22.5. The number of carbonyl (C=O) groups excluding carboxylic acids is 2. The maximum atomic E-state index is 13.7. The minimum absolute atomic E-state index is 0.238. The molecule has 1 amide bonds. The Balaban J connectivity index is 0.000000681. The number of aromatic nitrogens is 1. The van der Waals surface area contributed by atoms with Crippen LogP contribution in [-0.2, 0) is 4.79 Å². The Labute approximate surface area is 235 Å². The minimum Gasteiger partial charge on any atom is -0.493 e. The third-order valence-electron chi connectivity index (χ3n) is 5.99. The molecule has 3 aromatic carbocycles. The number of methoxy groups -OCH3 is 2. The fourth-order valence-corrected chi connectivity index (χ4v) is 5.09. The SMILES string of the molecule is CN(C)C=O.COc1ccc(C(=O)c2sc3nc(-c4ccccc4)cc(-c4ccc(F)cc4)c3c2N)cc1OC. The van der Waals surface area contributed by atoms with E-state index >= 15 is 0 Å². The second kappa shape index (κ2) is 12.4. The summed E-state index contributed by atoms with van der Waals surface area (Å²) < 4.78 is 24.3. The van der Waals surface area contributed by atoms with Gasteiger partial charge in [0.2, 0.25) is 12.2 Å².